The first-order valence-electron chi connectivity index (χ1n) is 4.14. The van der Waals surface area contributed by atoms with Crippen LogP contribution in [0.4, 0.5) is 0 Å². The Kier molecular flexibility index (Phi) is 14.6. The second kappa shape index (κ2) is 9.59. The summed E-state index contributed by atoms with van der Waals surface area (Å²) in [4.78, 5) is 0. The molecular formula is C8H22Cl2N2. The average Bonchev–Trinajstić information content (AvgIpc) is 1.78. The van der Waals surface area contributed by atoms with Gasteiger partial charge in [0.1, 0.15) is 0 Å². The summed E-state index contributed by atoms with van der Waals surface area (Å²) in [5.41, 5.74) is 0. The van der Waals surface area contributed by atoms with Gasteiger partial charge in [-0.15, -0.1) is 0 Å². The highest BCUT2D eigenvalue weighted by molar-refractivity contribution is 4.34. The van der Waals surface area contributed by atoms with Crippen LogP contribution < -0.4 is 30.1 Å². The minimum Gasteiger partial charge on any atom is -1.00 e. The summed E-state index contributed by atoms with van der Waals surface area (Å²) in [6.45, 7) is 2.58. The van der Waals surface area contributed by atoms with Gasteiger partial charge in [-0.1, -0.05) is 0 Å². The lowest BCUT2D eigenvalue weighted by Crippen LogP contribution is -3.00. The van der Waals surface area contributed by atoms with Gasteiger partial charge in [0, 0.05) is 12.8 Å². The summed E-state index contributed by atoms with van der Waals surface area (Å²) < 4.78 is 1.10. The van der Waals surface area contributed by atoms with E-state index in [2.05, 4.69) is 33.5 Å². The van der Waals surface area contributed by atoms with Crippen molar-refractivity contribution in [1.29, 1.82) is 0 Å². The van der Waals surface area contributed by atoms with Crippen molar-refractivity contribution in [3.63, 3.8) is 0 Å². The van der Waals surface area contributed by atoms with Crippen molar-refractivity contribution in [1.82, 2.24) is 0 Å². The predicted octanol–water partition coefficient (Wildman–Crippen LogP) is -6.33. The number of nitrogens with two attached hydrogens (primary N) is 1. The number of quaternary nitrogens is 2. The van der Waals surface area contributed by atoms with Crippen LogP contribution in [0.25, 0.3) is 0 Å². The number of hydrogen-bond donors (Lipinski definition) is 1. The van der Waals surface area contributed by atoms with Crippen LogP contribution >= 0.6 is 0 Å². The number of hydrogen-bond acceptors (Lipinski definition) is 0. The Morgan fingerprint density at radius 3 is 1.83 bits per heavy atom. The second-order valence-corrected chi connectivity index (χ2v) is 3.92. The molecule has 0 aromatic heterocycles. The summed E-state index contributed by atoms with van der Waals surface area (Å²) in [5.74, 6) is 0. The average molecular weight is 217 g/mol. The van der Waals surface area contributed by atoms with Gasteiger partial charge in [0.25, 0.3) is 0 Å². The molecule has 78 valence electrons. The molecule has 12 heavy (non-hydrogen) atoms. The molecule has 0 amide bonds. The van der Waals surface area contributed by atoms with Crippen LogP contribution in [0.1, 0.15) is 12.8 Å². The van der Waals surface area contributed by atoms with Gasteiger partial charge >= 0.3 is 0 Å². The molecule has 2 N–H and O–H groups in total. The Labute approximate surface area is 89.1 Å². The summed E-state index contributed by atoms with van der Waals surface area (Å²) in [7, 11) is 8.87. The Morgan fingerprint density at radius 1 is 1.00 bits per heavy atom. The Hall–Kier alpha value is 0.500. The lowest BCUT2D eigenvalue weighted by molar-refractivity contribution is -0.870. The predicted molar refractivity (Wildman–Crippen MR) is 44.8 cm³/mol. The molecule has 2 nitrogen and oxygen atoms in total. The van der Waals surface area contributed by atoms with E-state index < -0.39 is 0 Å². The van der Waals surface area contributed by atoms with E-state index in [9.17, 15) is 0 Å². The normalized spacial score (nSPS) is 10.0. The fourth-order valence-corrected chi connectivity index (χ4v) is 0.935. The molecule has 0 spiro atoms. The van der Waals surface area contributed by atoms with Gasteiger partial charge in [-0.25, -0.2) is 0 Å². The zero-order valence-corrected chi connectivity index (χ0v) is 10.1. The third kappa shape index (κ3) is 16.8. The molecule has 0 unspecified atom stereocenters. The van der Waals surface area contributed by atoms with E-state index in [-0.39, 0.29) is 24.8 Å². The quantitative estimate of drug-likeness (QED) is 0.348. The van der Waals surface area contributed by atoms with Crippen molar-refractivity contribution in [2.75, 3.05) is 41.3 Å². The zero-order chi connectivity index (χ0) is 8.04. The van der Waals surface area contributed by atoms with Crippen LogP contribution in [0.2, 0.25) is 0 Å². The van der Waals surface area contributed by atoms with Crippen molar-refractivity contribution >= 4 is 0 Å². The SMILES string of the molecule is C[NH2+]CCCC[N+](C)(C)C.[Cl-].[Cl-]. The van der Waals surface area contributed by atoms with Crippen molar-refractivity contribution in [2.24, 2.45) is 0 Å². The van der Waals surface area contributed by atoms with Crippen LogP contribution in [0.3, 0.4) is 0 Å². The van der Waals surface area contributed by atoms with E-state index in [4.69, 9.17) is 0 Å². The molecule has 0 heterocycles. The largest absolute Gasteiger partial charge is 1.00 e. The first-order chi connectivity index (χ1) is 4.56. The smallest absolute Gasteiger partial charge is 0.0782 e. The number of nitrogens with zero attached hydrogens (tertiary/aromatic N) is 1. The van der Waals surface area contributed by atoms with Gasteiger partial charge in [-0.05, 0) is 0 Å². The molecule has 0 aliphatic rings. The van der Waals surface area contributed by atoms with E-state index in [0.29, 0.717) is 0 Å². The summed E-state index contributed by atoms with van der Waals surface area (Å²) >= 11 is 0. The topological polar surface area (TPSA) is 16.6 Å². The second-order valence-electron chi connectivity index (χ2n) is 3.92. The maximum absolute atomic E-state index is 2.25. The number of rotatable bonds is 5. The summed E-state index contributed by atoms with van der Waals surface area (Å²) in [5, 5.41) is 2.25. The molecular weight excluding hydrogens is 195 g/mol. The van der Waals surface area contributed by atoms with Crippen molar-refractivity contribution in [3.8, 4) is 0 Å². The Balaban J connectivity index is -0.000000405. The molecule has 0 saturated carbocycles. The van der Waals surface area contributed by atoms with E-state index in [1.807, 2.05) is 0 Å². The molecule has 0 aliphatic heterocycles. The van der Waals surface area contributed by atoms with Gasteiger partial charge in [-0.3, -0.25) is 0 Å². The van der Waals surface area contributed by atoms with Crippen LogP contribution in [0, 0.1) is 0 Å². The van der Waals surface area contributed by atoms with Crippen LogP contribution in [0.15, 0.2) is 0 Å². The van der Waals surface area contributed by atoms with Crippen LogP contribution in [-0.4, -0.2) is 45.8 Å². The molecule has 0 bridgehead atoms. The lowest BCUT2D eigenvalue weighted by Gasteiger charge is -2.23. The lowest BCUT2D eigenvalue weighted by atomic mass is 10.3. The first-order valence-corrected chi connectivity index (χ1v) is 4.14. The molecule has 0 saturated heterocycles. The number of halogens is 2. The Morgan fingerprint density at radius 2 is 1.50 bits per heavy atom. The van der Waals surface area contributed by atoms with Gasteiger partial charge < -0.3 is 34.6 Å². The summed E-state index contributed by atoms with van der Waals surface area (Å²) in [6, 6.07) is 0. The maximum atomic E-state index is 2.25. The highest BCUT2D eigenvalue weighted by atomic mass is 35.5. The molecule has 0 radical (unpaired) electrons. The molecule has 4 heteroatoms. The van der Waals surface area contributed by atoms with Gasteiger partial charge in [-0.2, -0.15) is 0 Å². The monoisotopic (exact) mass is 216 g/mol. The van der Waals surface area contributed by atoms with Gasteiger partial charge in [0.2, 0.25) is 0 Å². The Bertz CT molecular complexity index is 81.6. The minimum atomic E-state index is 0. The minimum absolute atomic E-state index is 0. The first kappa shape index (κ1) is 18.3. The standard InChI is InChI=1S/C8H21N2.2ClH/c1-9-7-5-6-8-10(2,3)4;;/h9H,5-8H2,1-4H3;2*1H/q+1;;/p-1. The van der Waals surface area contributed by atoms with E-state index >= 15 is 0 Å². The van der Waals surface area contributed by atoms with Gasteiger partial charge in [0.05, 0.1) is 41.3 Å². The molecule has 0 fully saturated rings. The third-order valence-electron chi connectivity index (χ3n) is 1.57. The molecule has 0 aromatic carbocycles. The van der Waals surface area contributed by atoms with Crippen LogP contribution in [0.5, 0.6) is 0 Å². The van der Waals surface area contributed by atoms with Crippen molar-refractivity contribution in [2.45, 2.75) is 12.8 Å². The highest BCUT2D eigenvalue weighted by Gasteiger charge is 2.04. The van der Waals surface area contributed by atoms with E-state index in [1.165, 1.54) is 25.9 Å². The van der Waals surface area contributed by atoms with Gasteiger partial charge in [0.15, 0.2) is 0 Å². The molecule has 0 aliphatic carbocycles. The molecule has 0 aromatic rings. The highest BCUT2D eigenvalue weighted by Crippen LogP contribution is 1.94. The fourth-order valence-electron chi connectivity index (χ4n) is 0.935. The molecule has 0 atom stereocenters. The zero-order valence-electron chi connectivity index (χ0n) is 8.61. The van der Waals surface area contributed by atoms with E-state index in [1.54, 1.807) is 0 Å². The van der Waals surface area contributed by atoms with Crippen molar-refractivity contribution < 1.29 is 34.6 Å². The summed E-state index contributed by atoms with van der Waals surface area (Å²) in [6.07, 6.45) is 2.71. The van der Waals surface area contributed by atoms with Crippen molar-refractivity contribution in [3.05, 3.63) is 0 Å². The van der Waals surface area contributed by atoms with E-state index in [0.717, 1.165) is 4.48 Å². The van der Waals surface area contributed by atoms with Crippen LogP contribution in [-0.2, 0) is 0 Å². The third-order valence-corrected chi connectivity index (χ3v) is 1.57. The maximum Gasteiger partial charge on any atom is 0.0782 e. The molecule has 0 rings (SSSR count). The number of unbranched alkanes of at least 4 members (excludes halogenated alkanes) is 1. The fraction of sp³-hybridized carbons (Fsp3) is 1.00.